The Balaban J connectivity index is 2.08. The van der Waals surface area contributed by atoms with Crippen LogP contribution < -0.4 is 0 Å². The van der Waals surface area contributed by atoms with Crippen LogP contribution in [-0.2, 0) is 19.3 Å². The van der Waals surface area contributed by atoms with Crippen LogP contribution in [0.1, 0.15) is 40.9 Å². The van der Waals surface area contributed by atoms with Crippen molar-refractivity contribution in [3.05, 3.63) is 41.0 Å². The van der Waals surface area contributed by atoms with E-state index in [-0.39, 0.29) is 5.82 Å². The molecule has 0 radical (unpaired) electrons. The fourth-order valence-corrected chi connectivity index (χ4v) is 2.56. The van der Waals surface area contributed by atoms with Crippen molar-refractivity contribution in [2.45, 2.75) is 32.6 Å². The Morgan fingerprint density at radius 2 is 2.16 bits per heavy atom. The Morgan fingerprint density at radius 3 is 2.89 bits per heavy atom. The van der Waals surface area contributed by atoms with Gasteiger partial charge in [-0.2, -0.15) is 0 Å². The molecule has 1 aromatic carbocycles. The summed E-state index contributed by atoms with van der Waals surface area (Å²) in [6.07, 6.45) is 4.06. The zero-order chi connectivity index (χ0) is 13.4. The van der Waals surface area contributed by atoms with Crippen molar-refractivity contribution in [3.8, 4) is 5.69 Å². The van der Waals surface area contributed by atoms with E-state index in [1.54, 1.807) is 4.68 Å². The Morgan fingerprint density at radius 1 is 1.37 bits per heavy atom. The molecule has 2 aromatic rings. The van der Waals surface area contributed by atoms with Gasteiger partial charge in [0, 0.05) is 6.42 Å². The fourth-order valence-electron chi connectivity index (χ4n) is 2.56. The van der Waals surface area contributed by atoms with Crippen molar-refractivity contribution in [1.29, 1.82) is 0 Å². The smallest absolute Gasteiger partial charge is 0.375 e. The summed E-state index contributed by atoms with van der Waals surface area (Å²) in [7, 11) is 0. The molecule has 0 atom stereocenters. The molecular formula is C14H15N3O2. The van der Waals surface area contributed by atoms with Crippen LogP contribution in [0.25, 0.3) is 5.69 Å². The van der Waals surface area contributed by atoms with E-state index in [1.807, 2.05) is 13.0 Å². The summed E-state index contributed by atoms with van der Waals surface area (Å²) >= 11 is 0. The summed E-state index contributed by atoms with van der Waals surface area (Å²) in [6, 6.07) is 6.20. The van der Waals surface area contributed by atoms with Gasteiger partial charge in [-0.15, -0.1) is 5.10 Å². The van der Waals surface area contributed by atoms with Gasteiger partial charge >= 0.3 is 5.97 Å². The van der Waals surface area contributed by atoms with Gasteiger partial charge in [0.1, 0.15) is 5.82 Å². The lowest BCUT2D eigenvalue weighted by molar-refractivity contribution is 0.0683. The van der Waals surface area contributed by atoms with Gasteiger partial charge in [-0.25, -0.2) is 14.5 Å². The second kappa shape index (κ2) is 4.50. The van der Waals surface area contributed by atoms with Gasteiger partial charge in [0.2, 0.25) is 0 Å². The minimum atomic E-state index is -1.09. The third kappa shape index (κ3) is 2.01. The van der Waals surface area contributed by atoms with Crippen molar-refractivity contribution in [2.75, 3.05) is 0 Å². The number of carboxylic acid groups (broad SMARTS) is 1. The molecule has 5 nitrogen and oxygen atoms in total. The number of benzene rings is 1. The standard InChI is InChI=1S/C14H15N3O2/c1-2-12-15-13(14(18)19)16-17(12)11-7-6-9-4-3-5-10(9)8-11/h6-8H,2-5H2,1H3,(H,18,19). The predicted molar refractivity (Wildman–Crippen MR) is 69.7 cm³/mol. The number of rotatable bonds is 3. The van der Waals surface area contributed by atoms with Crippen LogP contribution in [0.2, 0.25) is 0 Å². The maximum Gasteiger partial charge on any atom is 0.375 e. The number of aryl methyl sites for hydroxylation is 3. The van der Waals surface area contributed by atoms with Gasteiger partial charge in [-0.3, -0.25) is 0 Å². The molecule has 0 saturated carbocycles. The molecule has 1 heterocycles. The predicted octanol–water partition coefficient (Wildman–Crippen LogP) is 2.02. The lowest BCUT2D eigenvalue weighted by Crippen LogP contribution is -2.04. The molecule has 0 aliphatic heterocycles. The van der Waals surface area contributed by atoms with Crippen LogP contribution in [0, 0.1) is 0 Å². The Labute approximate surface area is 110 Å². The molecule has 1 aromatic heterocycles. The molecule has 0 bridgehead atoms. The molecule has 1 aliphatic rings. The number of aromatic carboxylic acids is 1. The second-order valence-corrected chi connectivity index (χ2v) is 4.73. The van der Waals surface area contributed by atoms with Crippen molar-refractivity contribution >= 4 is 5.97 Å². The van der Waals surface area contributed by atoms with E-state index in [0.29, 0.717) is 12.2 Å². The SMILES string of the molecule is CCc1nc(C(=O)O)nn1-c1ccc2c(c1)CCC2. The summed E-state index contributed by atoms with van der Waals surface area (Å²) in [6.45, 7) is 1.94. The zero-order valence-corrected chi connectivity index (χ0v) is 10.8. The maximum atomic E-state index is 11.0. The Kier molecular flexibility index (Phi) is 2.81. The van der Waals surface area contributed by atoms with Crippen molar-refractivity contribution in [3.63, 3.8) is 0 Å². The maximum absolute atomic E-state index is 11.0. The van der Waals surface area contributed by atoms with Crippen LogP contribution in [0.3, 0.4) is 0 Å². The van der Waals surface area contributed by atoms with Gasteiger partial charge in [0.05, 0.1) is 5.69 Å². The number of nitrogens with zero attached hydrogens (tertiary/aromatic N) is 3. The molecular weight excluding hydrogens is 242 g/mol. The topological polar surface area (TPSA) is 68.0 Å². The number of hydrogen-bond donors (Lipinski definition) is 1. The van der Waals surface area contributed by atoms with Gasteiger partial charge < -0.3 is 5.11 Å². The van der Waals surface area contributed by atoms with Gasteiger partial charge in [0.15, 0.2) is 0 Å². The van der Waals surface area contributed by atoms with E-state index in [9.17, 15) is 4.79 Å². The lowest BCUT2D eigenvalue weighted by Gasteiger charge is -2.06. The summed E-state index contributed by atoms with van der Waals surface area (Å²) in [5, 5.41) is 13.1. The van der Waals surface area contributed by atoms with E-state index in [1.165, 1.54) is 17.5 Å². The number of carboxylic acids is 1. The van der Waals surface area contributed by atoms with E-state index in [0.717, 1.165) is 18.5 Å². The molecule has 5 heteroatoms. The average Bonchev–Trinajstić information content (AvgIpc) is 3.04. The van der Waals surface area contributed by atoms with Gasteiger partial charge in [0.25, 0.3) is 5.82 Å². The Hall–Kier alpha value is -2.17. The number of aromatic nitrogens is 3. The molecule has 98 valence electrons. The molecule has 0 spiro atoms. The molecule has 0 unspecified atom stereocenters. The first-order valence-corrected chi connectivity index (χ1v) is 6.50. The van der Waals surface area contributed by atoms with Crippen LogP contribution >= 0.6 is 0 Å². The second-order valence-electron chi connectivity index (χ2n) is 4.73. The largest absolute Gasteiger partial charge is 0.475 e. The highest BCUT2D eigenvalue weighted by Gasteiger charge is 2.17. The summed E-state index contributed by atoms with van der Waals surface area (Å²) in [5.74, 6) is -0.553. The number of hydrogen-bond acceptors (Lipinski definition) is 3. The number of fused-ring (bicyclic) bond motifs is 1. The van der Waals surface area contributed by atoms with Crippen LogP contribution in [0.4, 0.5) is 0 Å². The Bertz CT molecular complexity index is 646. The first-order valence-electron chi connectivity index (χ1n) is 6.50. The van der Waals surface area contributed by atoms with Crippen molar-refractivity contribution < 1.29 is 9.90 Å². The van der Waals surface area contributed by atoms with E-state index >= 15 is 0 Å². The first-order chi connectivity index (χ1) is 9.19. The monoisotopic (exact) mass is 257 g/mol. The highest BCUT2D eigenvalue weighted by Crippen LogP contribution is 2.24. The van der Waals surface area contributed by atoms with E-state index < -0.39 is 5.97 Å². The van der Waals surface area contributed by atoms with Crippen LogP contribution in [-0.4, -0.2) is 25.8 Å². The summed E-state index contributed by atoms with van der Waals surface area (Å²) in [5.41, 5.74) is 3.63. The highest BCUT2D eigenvalue weighted by molar-refractivity contribution is 5.83. The lowest BCUT2D eigenvalue weighted by atomic mass is 10.1. The van der Waals surface area contributed by atoms with Crippen molar-refractivity contribution in [1.82, 2.24) is 14.8 Å². The summed E-state index contributed by atoms with van der Waals surface area (Å²) < 4.78 is 1.64. The molecule has 1 aliphatic carbocycles. The van der Waals surface area contributed by atoms with Crippen molar-refractivity contribution in [2.24, 2.45) is 0 Å². The minimum Gasteiger partial charge on any atom is -0.475 e. The molecule has 3 rings (SSSR count). The highest BCUT2D eigenvalue weighted by atomic mass is 16.4. The number of carbonyl (C=O) groups is 1. The third-order valence-electron chi connectivity index (χ3n) is 3.51. The fraction of sp³-hybridized carbons (Fsp3) is 0.357. The molecule has 1 N–H and O–H groups in total. The molecule has 19 heavy (non-hydrogen) atoms. The molecule has 0 amide bonds. The average molecular weight is 257 g/mol. The van der Waals surface area contributed by atoms with Crippen LogP contribution in [0.5, 0.6) is 0 Å². The van der Waals surface area contributed by atoms with Gasteiger partial charge in [-0.05, 0) is 42.5 Å². The molecule has 0 saturated heterocycles. The third-order valence-corrected chi connectivity index (χ3v) is 3.51. The van der Waals surface area contributed by atoms with E-state index in [4.69, 9.17) is 5.11 Å². The van der Waals surface area contributed by atoms with E-state index in [2.05, 4.69) is 22.2 Å². The zero-order valence-electron chi connectivity index (χ0n) is 10.8. The van der Waals surface area contributed by atoms with Crippen LogP contribution in [0.15, 0.2) is 18.2 Å². The molecule has 0 fully saturated rings. The first kappa shape index (κ1) is 11.9. The van der Waals surface area contributed by atoms with Gasteiger partial charge in [-0.1, -0.05) is 13.0 Å². The summed E-state index contributed by atoms with van der Waals surface area (Å²) in [4.78, 5) is 15.0. The quantitative estimate of drug-likeness (QED) is 0.913. The normalized spacial score (nSPS) is 13.5. The minimum absolute atomic E-state index is 0.141.